The van der Waals surface area contributed by atoms with E-state index < -0.39 is 11.6 Å². The highest BCUT2D eigenvalue weighted by Crippen LogP contribution is 2.43. The zero-order chi connectivity index (χ0) is 11.6. The van der Waals surface area contributed by atoms with Crippen LogP contribution in [0.4, 0.5) is 8.78 Å². The lowest BCUT2D eigenvalue weighted by Gasteiger charge is -2.26. The maximum Gasteiger partial charge on any atom is 0.129 e. The number of benzene rings is 1. The summed E-state index contributed by atoms with van der Waals surface area (Å²) in [5.41, 5.74) is 0.312. The smallest absolute Gasteiger partial charge is 0.129 e. The molecule has 0 aromatic heterocycles. The van der Waals surface area contributed by atoms with E-state index in [2.05, 4.69) is 15.9 Å². The molecule has 0 aliphatic heterocycles. The Hall–Kier alpha value is -0.440. The molecule has 0 bridgehead atoms. The summed E-state index contributed by atoms with van der Waals surface area (Å²) in [4.78, 5) is 0. The molecule has 1 saturated carbocycles. The second kappa shape index (κ2) is 4.82. The topological polar surface area (TPSA) is 0 Å². The Balaban J connectivity index is 2.25. The number of rotatable bonds is 3. The molecular formula is C13H15BrF2. The highest BCUT2D eigenvalue weighted by atomic mass is 79.9. The molecule has 0 atom stereocenters. The van der Waals surface area contributed by atoms with E-state index in [0.717, 1.165) is 18.2 Å². The minimum Gasteiger partial charge on any atom is -0.207 e. The monoisotopic (exact) mass is 288 g/mol. The van der Waals surface area contributed by atoms with Crippen LogP contribution in [0.1, 0.15) is 31.2 Å². The van der Waals surface area contributed by atoms with Crippen molar-refractivity contribution in [2.75, 3.05) is 5.33 Å². The molecule has 1 aliphatic carbocycles. The van der Waals surface area contributed by atoms with Crippen LogP contribution in [0, 0.1) is 17.0 Å². The molecule has 2 rings (SSSR count). The third-order valence-electron chi connectivity index (χ3n) is 3.56. The summed E-state index contributed by atoms with van der Waals surface area (Å²) in [5.74, 6) is -0.820. The first-order valence-corrected chi connectivity index (χ1v) is 6.78. The van der Waals surface area contributed by atoms with Crippen LogP contribution in [0.3, 0.4) is 0 Å². The summed E-state index contributed by atoms with van der Waals surface area (Å²) in [6.45, 7) is 0. The molecular weight excluding hydrogens is 274 g/mol. The Bertz CT molecular complexity index is 350. The van der Waals surface area contributed by atoms with Crippen molar-refractivity contribution in [3.63, 3.8) is 0 Å². The summed E-state index contributed by atoms with van der Waals surface area (Å²) < 4.78 is 27.1. The summed E-state index contributed by atoms with van der Waals surface area (Å²) in [5, 5.41) is 0.827. The number of halogens is 3. The van der Waals surface area contributed by atoms with Crippen LogP contribution in [0.5, 0.6) is 0 Å². The van der Waals surface area contributed by atoms with Crippen molar-refractivity contribution in [2.24, 2.45) is 5.41 Å². The lowest BCUT2D eigenvalue weighted by atomic mass is 9.82. The van der Waals surface area contributed by atoms with Gasteiger partial charge in [-0.15, -0.1) is 0 Å². The zero-order valence-corrected chi connectivity index (χ0v) is 10.7. The first-order valence-electron chi connectivity index (χ1n) is 5.66. The van der Waals surface area contributed by atoms with Crippen LogP contribution < -0.4 is 0 Å². The molecule has 0 N–H and O–H groups in total. The van der Waals surface area contributed by atoms with Crippen LogP contribution in [0.15, 0.2) is 18.2 Å². The van der Waals surface area contributed by atoms with Gasteiger partial charge in [0, 0.05) is 10.9 Å². The van der Waals surface area contributed by atoms with Gasteiger partial charge in [-0.05, 0) is 36.8 Å². The second-order valence-electron chi connectivity index (χ2n) is 4.72. The fourth-order valence-corrected chi connectivity index (χ4v) is 3.32. The van der Waals surface area contributed by atoms with Crippen LogP contribution in [-0.2, 0) is 6.42 Å². The molecule has 0 spiro atoms. The highest BCUT2D eigenvalue weighted by Gasteiger charge is 2.34. The molecule has 0 nitrogen and oxygen atoms in total. The zero-order valence-electron chi connectivity index (χ0n) is 9.11. The van der Waals surface area contributed by atoms with Crippen molar-refractivity contribution < 1.29 is 8.78 Å². The summed E-state index contributed by atoms with van der Waals surface area (Å²) >= 11 is 3.50. The lowest BCUT2D eigenvalue weighted by molar-refractivity contribution is 0.334. The van der Waals surface area contributed by atoms with Crippen molar-refractivity contribution in [3.05, 3.63) is 35.4 Å². The Morgan fingerprint density at radius 3 is 2.19 bits per heavy atom. The van der Waals surface area contributed by atoms with E-state index in [1.807, 2.05) is 0 Å². The van der Waals surface area contributed by atoms with Gasteiger partial charge in [0.2, 0.25) is 0 Å². The van der Waals surface area contributed by atoms with E-state index in [0.29, 0.717) is 6.42 Å². The standard InChI is InChI=1S/C13H15BrF2/c14-9-13(6-1-2-7-13)8-10-11(15)4-3-5-12(10)16/h3-5H,1-2,6-9H2. The van der Waals surface area contributed by atoms with Crippen molar-refractivity contribution in [3.8, 4) is 0 Å². The molecule has 0 amide bonds. The van der Waals surface area contributed by atoms with Crippen molar-refractivity contribution in [1.82, 2.24) is 0 Å². The highest BCUT2D eigenvalue weighted by molar-refractivity contribution is 9.09. The van der Waals surface area contributed by atoms with Crippen LogP contribution in [0.25, 0.3) is 0 Å². The summed E-state index contributed by atoms with van der Waals surface area (Å²) in [7, 11) is 0. The molecule has 1 aliphatic rings. The predicted molar refractivity (Wildman–Crippen MR) is 64.8 cm³/mol. The van der Waals surface area contributed by atoms with E-state index in [1.165, 1.54) is 31.0 Å². The number of hydrogen-bond acceptors (Lipinski definition) is 0. The minimum atomic E-state index is -0.410. The molecule has 1 fully saturated rings. The molecule has 3 heteroatoms. The molecule has 1 aromatic rings. The second-order valence-corrected chi connectivity index (χ2v) is 5.28. The average Bonchev–Trinajstić information content (AvgIpc) is 2.73. The Kier molecular flexibility index (Phi) is 3.63. The first kappa shape index (κ1) is 12.0. The van der Waals surface area contributed by atoms with Gasteiger partial charge in [0.15, 0.2) is 0 Å². The Morgan fingerprint density at radius 1 is 1.12 bits per heavy atom. The van der Waals surface area contributed by atoms with Gasteiger partial charge < -0.3 is 0 Å². The molecule has 1 aromatic carbocycles. The van der Waals surface area contributed by atoms with Crippen LogP contribution >= 0.6 is 15.9 Å². The van der Waals surface area contributed by atoms with Gasteiger partial charge in [0.25, 0.3) is 0 Å². The fraction of sp³-hybridized carbons (Fsp3) is 0.538. The fourth-order valence-electron chi connectivity index (χ4n) is 2.56. The maximum atomic E-state index is 13.6. The van der Waals surface area contributed by atoms with E-state index in [9.17, 15) is 8.78 Å². The largest absolute Gasteiger partial charge is 0.207 e. The van der Waals surface area contributed by atoms with Gasteiger partial charge in [-0.3, -0.25) is 0 Å². The van der Waals surface area contributed by atoms with Crippen LogP contribution in [-0.4, -0.2) is 5.33 Å². The van der Waals surface area contributed by atoms with Gasteiger partial charge in [-0.2, -0.15) is 0 Å². The van der Waals surface area contributed by atoms with Crippen molar-refractivity contribution in [2.45, 2.75) is 32.1 Å². The summed E-state index contributed by atoms with van der Waals surface area (Å²) in [6, 6.07) is 4.11. The van der Waals surface area contributed by atoms with Gasteiger partial charge in [0.05, 0.1) is 0 Å². The Morgan fingerprint density at radius 2 is 1.69 bits per heavy atom. The van der Waals surface area contributed by atoms with E-state index in [1.54, 1.807) is 0 Å². The molecule has 88 valence electrons. The number of alkyl halides is 1. The number of hydrogen-bond donors (Lipinski definition) is 0. The minimum absolute atomic E-state index is 0.0586. The molecule has 16 heavy (non-hydrogen) atoms. The Labute approximate surface area is 103 Å². The van der Waals surface area contributed by atoms with Gasteiger partial charge >= 0.3 is 0 Å². The van der Waals surface area contributed by atoms with Gasteiger partial charge in [-0.1, -0.05) is 34.8 Å². The molecule has 0 saturated heterocycles. The van der Waals surface area contributed by atoms with E-state index >= 15 is 0 Å². The predicted octanol–water partition coefficient (Wildman–Crippen LogP) is 4.46. The van der Waals surface area contributed by atoms with E-state index in [-0.39, 0.29) is 11.0 Å². The molecule has 0 radical (unpaired) electrons. The average molecular weight is 289 g/mol. The molecule has 0 heterocycles. The van der Waals surface area contributed by atoms with Crippen LogP contribution in [0.2, 0.25) is 0 Å². The van der Waals surface area contributed by atoms with Gasteiger partial charge in [0.1, 0.15) is 11.6 Å². The quantitative estimate of drug-likeness (QED) is 0.720. The third kappa shape index (κ3) is 2.29. The van der Waals surface area contributed by atoms with Gasteiger partial charge in [-0.25, -0.2) is 8.78 Å². The SMILES string of the molecule is Fc1cccc(F)c1CC1(CBr)CCCC1. The third-order valence-corrected chi connectivity index (χ3v) is 4.75. The molecule has 0 unspecified atom stereocenters. The van der Waals surface area contributed by atoms with Crippen molar-refractivity contribution in [1.29, 1.82) is 0 Å². The lowest BCUT2D eigenvalue weighted by Crippen LogP contribution is -2.22. The summed E-state index contributed by atoms with van der Waals surface area (Å²) in [6.07, 6.45) is 4.97. The van der Waals surface area contributed by atoms with E-state index in [4.69, 9.17) is 0 Å². The van der Waals surface area contributed by atoms with Crippen molar-refractivity contribution >= 4 is 15.9 Å². The maximum absolute atomic E-state index is 13.6. The normalized spacial score (nSPS) is 18.9. The first-order chi connectivity index (χ1) is 7.67.